The van der Waals surface area contributed by atoms with Crippen molar-refractivity contribution in [2.45, 2.75) is 45.4 Å². The molecular formula is C14H21NO2. The molecule has 0 amide bonds. The summed E-state index contributed by atoms with van der Waals surface area (Å²) in [6.45, 7) is 7.15. The first-order valence-corrected chi connectivity index (χ1v) is 6.15. The van der Waals surface area contributed by atoms with E-state index in [-0.39, 0.29) is 18.2 Å². The molecule has 0 saturated carbocycles. The highest BCUT2D eigenvalue weighted by Gasteiger charge is 2.29. The van der Waals surface area contributed by atoms with Crippen molar-refractivity contribution < 1.29 is 9.84 Å². The van der Waals surface area contributed by atoms with Gasteiger partial charge in [0, 0.05) is 19.0 Å². The highest BCUT2D eigenvalue weighted by atomic mass is 16.5. The van der Waals surface area contributed by atoms with Crippen LogP contribution in [0.2, 0.25) is 0 Å². The number of rotatable bonds is 4. The molecule has 1 aromatic rings. The number of aliphatic hydroxyl groups excluding tert-OH is 1. The molecular weight excluding hydrogens is 214 g/mol. The van der Waals surface area contributed by atoms with Gasteiger partial charge >= 0.3 is 0 Å². The number of fused-ring (bicyclic) bond motifs is 1. The van der Waals surface area contributed by atoms with Crippen LogP contribution in [0.5, 0.6) is 5.75 Å². The number of benzene rings is 1. The molecule has 94 valence electrons. The van der Waals surface area contributed by atoms with E-state index in [1.807, 2.05) is 13.0 Å². The van der Waals surface area contributed by atoms with Gasteiger partial charge in [-0.2, -0.15) is 0 Å². The van der Waals surface area contributed by atoms with Gasteiger partial charge in [-0.1, -0.05) is 12.1 Å². The highest BCUT2D eigenvalue weighted by Crippen LogP contribution is 2.35. The summed E-state index contributed by atoms with van der Waals surface area (Å²) in [6.07, 6.45) is 0.964. The fraction of sp³-hybridized carbons (Fsp3) is 0.571. The number of ether oxygens (including phenoxy) is 1. The van der Waals surface area contributed by atoms with E-state index in [2.05, 4.69) is 31.3 Å². The first-order valence-electron chi connectivity index (χ1n) is 6.15. The minimum absolute atomic E-state index is 0.0766. The second kappa shape index (κ2) is 4.67. The third-order valence-electron chi connectivity index (χ3n) is 3.06. The van der Waals surface area contributed by atoms with E-state index >= 15 is 0 Å². The Hall–Kier alpha value is -1.06. The fourth-order valence-corrected chi connectivity index (χ4v) is 2.13. The molecule has 3 heteroatoms. The van der Waals surface area contributed by atoms with E-state index in [1.165, 1.54) is 11.1 Å². The van der Waals surface area contributed by atoms with Gasteiger partial charge in [0.05, 0.1) is 6.61 Å². The van der Waals surface area contributed by atoms with Crippen LogP contribution in [-0.4, -0.2) is 23.4 Å². The molecule has 3 nitrogen and oxygen atoms in total. The topological polar surface area (TPSA) is 41.5 Å². The molecule has 2 rings (SSSR count). The summed E-state index contributed by atoms with van der Waals surface area (Å²) in [5.41, 5.74) is 2.45. The Morgan fingerprint density at radius 1 is 1.47 bits per heavy atom. The molecule has 1 atom stereocenters. The van der Waals surface area contributed by atoms with Crippen LogP contribution >= 0.6 is 0 Å². The zero-order valence-electron chi connectivity index (χ0n) is 10.8. The number of nitrogens with one attached hydrogen (secondary N) is 1. The lowest BCUT2D eigenvalue weighted by Crippen LogP contribution is -2.28. The summed E-state index contributed by atoms with van der Waals surface area (Å²) in [5, 5.41) is 12.2. The molecule has 1 aliphatic rings. The third-order valence-corrected chi connectivity index (χ3v) is 3.06. The molecule has 0 saturated heterocycles. The van der Waals surface area contributed by atoms with Gasteiger partial charge < -0.3 is 15.2 Å². The number of aliphatic hydroxyl groups is 1. The van der Waals surface area contributed by atoms with Crippen LogP contribution in [0, 0.1) is 0 Å². The van der Waals surface area contributed by atoms with Crippen LogP contribution in [0.15, 0.2) is 18.2 Å². The lowest BCUT2D eigenvalue weighted by Gasteiger charge is -2.16. The van der Waals surface area contributed by atoms with Gasteiger partial charge in [0.15, 0.2) is 0 Å². The minimum atomic E-state index is -0.0766. The van der Waals surface area contributed by atoms with Crippen molar-refractivity contribution in [3.05, 3.63) is 29.3 Å². The molecule has 0 unspecified atom stereocenters. The number of hydrogen-bond acceptors (Lipinski definition) is 3. The summed E-state index contributed by atoms with van der Waals surface area (Å²) in [7, 11) is 0. The Bertz CT molecular complexity index is 401. The predicted octanol–water partition coefficient (Wildman–Crippen LogP) is 1.87. The lowest BCUT2D eigenvalue weighted by molar-refractivity contribution is 0.138. The van der Waals surface area contributed by atoms with E-state index in [0.717, 1.165) is 18.7 Å². The normalized spacial score (nSPS) is 18.6. The predicted molar refractivity (Wildman–Crippen MR) is 68.2 cm³/mol. The molecule has 17 heavy (non-hydrogen) atoms. The lowest BCUT2D eigenvalue weighted by atomic mass is 10.0. The Balaban J connectivity index is 2.04. The van der Waals surface area contributed by atoms with E-state index in [1.54, 1.807) is 0 Å². The zero-order chi connectivity index (χ0) is 12.5. The smallest absolute Gasteiger partial charge is 0.123 e. The average Bonchev–Trinajstić information content (AvgIpc) is 2.58. The van der Waals surface area contributed by atoms with Crippen molar-refractivity contribution in [2.24, 2.45) is 0 Å². The average molecular weight is 235 g/mol. The van der Waals surface area contributed by atoms with Crippen LogP contribution in [0.25, 0.3) is 0 Å². The summed E-state index contributed by atoms with van der Waals surface area (Å²) in [4.78, 5) is 0. The Morgan fingerprint density at radius 3 is 2.94 bits per heavy atom. The molecule has 0 radical (unpaired) electrons. The van der Waals surface area contributed by atoms with Gasteiger partial charge in [0.1, 0.15) is 11.4 Å². The molecule has 1 aliphatic heterocycles. The van der Waals surface area contributed by atoms with Crippen molar-refractivity contribution in [2.75, 3.05) is 6.61 Å². The van der Waals surface area contributed by atoms with E-state index in [0.29, 0.717) is 0 Å². The van der Waals surface area contributed by atoms with Gasteiger partial charge in [-0.05, 0) is 38.0 Å². The van der Waals surface area contributed by atoms with Crippen LogP contribution in [-0.2, 0) is 13.0 Å². The standard InChI is InChI=1S/C14H21NO2/c1-10(9-16)15-8-11-4-5-13-12(6-11)7-14(2,3)17-13/h4-6,10,15-16H,7-9H2,1-3H3/t10-/m1/s1. The number of hydrogen-bond donors (Lipinski definition) is 2. The van der Waals surface area contributed by atoms with Crippen LogP contribution in [0.3, 0.4) is 0 Å². The monoisotopic (exact) mass is 235 g/mol. The van der Waals surface area contributed by atoms with Gasteiger partial charge in [0.2, 0.25) is 0 Å². The zero-order valence-corrected chi connectivity index (χ0v) is 10.8. The van der Waals surface area contributed by atoms with Crippen molar-refractivity contribution in [1.82, 2.24) is 5.32 Å². The largest absolute Gasteiger partial charge is 0.487 e. The molecule has 0 bridgehead atoms. The molecule has 0 aromatic heterocycles. The van der Waals surface area contributed by atoms with E-state index in [9.17, 15) is 0 Å². The molecule has 0 aliphatic carbocycles. The maximum absolute atomic E-state index is 8.95. The SMILES string of the molecule is C[C@H](CO)NCc1ccc2c(c1)CC(C)(C)O2. The van der Waals surface area contributed by atoms with Gasteiger partial charge in [-0.25, -0.2) is 0 Å². The first kappa shape index (κ1) is 12.4. The van der Waals surface area contributed by atoms with Crippen molar-refractivity contribution >= 4 is 0 Å². The van der Waals surface area contributed by atoms with Crippen LogP contribution in [0.4, 0.5) is 0 Å². The maximum atomic E-state index is 8.95. The Morgan fingerprint density at radius 2 is 2.24 bits per heavy atom. The second-order valence-corrected chi connectivity index (χ2v) is 5.45. The highest BCUT2D eigenvalue weighted by molar-refractivity contribution is 5.41. The molecule has 0 fully saturated rings. The van der Waals surface area contributed by atoms with Gasteiger partial charge in [-0.15, -0.1) is 0 Å². The van der Waals surface area contributed by atoms with Gasteiger partial charge in [0.25, 0.3) is 0 Å². The minimum Gasteiger partial charge on any atom is -0.487 e. The molecule has 1 aromatic carbocycles. The van der Waals surface area contributed by atoms with Crippen molar-refractivity contribution in [3.63, 3.8) is 0 Å². The quantitative estimate of drug-likeness (QED) is 0.837. The van der Waals surface area contributed by atoms with Gasteiger partial charge in [-0.3, -0.25) is 0 Å². The summed E-state index contributed by atoms with van der Waals surface area (Å²) < 4.78 is 5.84. The van der Waals surface area contributed by atoms with Crippen molar-refractivity contribution in [1.29, 1.82) is 0 Å². The maximum Gasteiger partial charge on any atom is 0.123 e. The fourth-order valence-electron chi connectivity index (χ4n) is 2.13. The molecule has 0 spiro atoms. The van der Waals surface area contributed by atoms with Crippen LogP contribution in [0.1, 0.15) is 31.9 Å². The van der Waals surface area contributed by atoms with E-state index in [4.69, 9.17) is 9.84 Å². The molecule has 2 N–H and O–H groups in total. The summed E-state index contributed by atoms with van der Waals surface area (Å²) in [6, 6.07) is 6.46. The third kappa shape index (κ3) is 2.99. The summed E-state index contributed by atoms with van der Waals surface area (Å²) in [5.74, 6) is 1.01. The second-order valence-electron chi connectivity index (χ2n) is 5.45. The summed E-state index contributed by atoms with van der Waals surface area (Å²) >= 11 is 0. The van der Waals surface area contributed by atoms with E-state index < -0.39 is 0 Å². The Kier molecular flexibility index (Phi) is 3.40. The Labute approximate surface area is 103 Å². The van der Waals surface area contributed by atoms with Crippen molar-refractivity contribution in [3.8, 4) is 5.75 Å². The molecule has 1 heterocycles. The first-order chi connectivity index (χ1) is 8.00. The van der Waals surface area contributed by atoms with Crippen LogP contribution < -0.4 is 10.1 Å².